The summed E-state index contributed by atoms with van der Waals surface area (Å²) in [5, 5.41) is 0. The predicted octanol–water partition coefficient (Wildman–Crippen LogP) is 3.86. The Bertz CT molecular complexity index is 171. The van der Waals surface area contributed by atoms with Gasteiger partial charge in [-0.25, -0.2) is 0 Å². The van der Waals surface area contributed by atoms with Crippen LogP contribution in [0, 0.1) is 23.2 Å². The second-order valence-electron chi connectivity index (χ2n) is 5.46. The first kappa shape index (κ1) is 8.59. The molecule has 2 saturated carbocycles. The average Bonchev–Trinajstić information content (AvgIpc) is 1.97. The van der Waals surface area contributed by atoms with Crippen molar-refractivity contribution in [3.63, 3.8) is 0 Å². The first-order valence-corrected chi connectivity index (χ1v) is 5.68. The second kappa shape index (κ2) is 2.75. The van der Waals surface area contributed by atoms with Crippen LogP contribution in [0.5, 0.6) is 0 Å². The van der Waals surface area contributed by atoms with Crippen molar-refractivity contribution in [3.8, 4) is 0 Å². The Morgan fingerprint density at radius 1 is 1.33 bits per heavy atom. The van der Waals surface area contributed by atoms with E-state index in [4.69, 9.17) is 0 Å². The van der Waals surface area contributed by atoms with Gasteiger partial charge in [0, 0.05) is 0 Å². The van der Waals surface area contributed by atoms with E-state index in [1.165, 1.54) is 12.8 Å². The van der Waals surface area contributed by atoms with Crippen molar-refractivity contribution in [1.82, 2.24) is 0 Å². The third-order valence-electron chi connectivity index (χ3n) is 4.39. The van der Waals surface area contributed by atoms with Gasteiger partial charge in [-0.05, 0) is 48.9 Å². The smallest absolute Gasteiger partial charge is 0.0264 e. The molecule has 0 bridgehead atoms. The number of hydrogen-bond acceptors (Lipinski definition) is 0. The largest absolute Gasteiger partial charge is 0.0648 e. The van der Waals surface area contributed by atoms with Crippen molar-refractivity contribution in [2.75, 3.05) is 0 Å². The number of rotatable bonds is 3. The van der Waals surface area contributed by atoms with E-state index in [0.717, 1.165) is 23.2 Å². The molecule has 12 heavy (non-hydrogen) atoms. The van der Waals surface area contributed by atoms with Gasteiger partial charge in [0.15, 0.2) is 0 Å². The molecule has 0 heterocycles. The molecule has 0 aromatic heterocycles. The van der Waals surface area contributed by atoms with E-state index >= 15 is 0 Å². The van der Waals surface area contributed by atoms with Gasteiger partial charge in [-0.2, -0.15) is 0 Å². The van der Waals surface area contributed by atoms with Gasteiger partial charge in [-0.1, -0.05) is 27.2 Å². The van der Waals surface area contributed by atoms with E-state index in [9.17, 15) is 0 Å². The Labute approximate surface area is 76.7 Å². The fourth-order valence-electron chi connectivity index (χ4n) is 3.73. The maximum absolute atomic E-state index is 2.40. The summed E-state index contributed by atoms with van der Waals surface area (Å²) in [6, 6.07) is 0. The average molecular weight is 166 g/mol. The molecule has 0 nitrogen and oxygen atoms in total. The van der Waals surface area contributed by atoms with Gasteiger partial charge in [-0.15, -0.1) is 0 Å². The van der Waals surface area contributed by atoms with Crippen LogP contribution in [0.25, 0.3) is 0 Å². The van der Waals surface area contributed by atoms with Gasteiger partial charge in [0.2, 0.25) is 0 Å². The second-order valence-corrected chi connectivity index (χ2v) is 5.46. The van der Waals surface area contributed by atoms with Crippen LogP contribution in [0.2, 0.25) is 0 Å². The zero-order valence-corrected chi connectivity index (χ0v) is 8.77. The molecule has 0 aliphatic heterocycles. The van der Waals surface area contributed by atoms with Crippen LogP contribution in [-0.2, 0) is 0 Å². The van der Waals surface area contributed by atoms with Crippen LogP contribution in [-0.4, -0.2) is 0 Å². The van der Waals surface area contributed by atoms with Crippen LogP contribution >= 0.6 is 0 Å². The van der Waals surface area contributed by atoms with Crippen LogP contribution < -0.4 is 0 Å². The molecular formula is C12H22. The maximum Gasteiger partial charge on any atom is -0.0264 e. The van der Waals surface area contributed by atoms with Crippen molar-refractivity contribution >= 4 is 0 Å². The molecule has 0 aromatic carbocycles. The molecule has 2 aliphatic carbocycles. The standard InChI is InChI=1S/C12H22/c1-4-12(7-9(2)3)8-10-5-6-11(10)12/h9-11H,4-8H2,1-3H3. The summed E-state index contributed by atoms with van der Waals surface area (Å²) >= 11 is 0. The Morgan fingerprint density at radius 3 is 2.33 bits per heavy atom. The van der Waals surface area contributed by atoms with Gasteiger partial charge in [0.05, 0.1) is 0 Å². The van der Waals surface area contributed by atoms with Crippen molar-refractivity contribution in [3.05, 3.63) is 0 Å². The first-order valence-electron chi connectivity index (χ1n) is 5.68. The van der Waals surface area contributed by atoms with E-state index < -0.39 is 0 Å². The molecule has 0 spiro atoms. The predicted molar refractivity (Wildman–Crippen MR) is 53.0 cm³/mol. The van der Waals surface area contributed by atoms with E-state index in [1.807, 2.05) is 0 Å². The fourth-order valence-corrected chi connectivity index (χ4v) is 3.73. The summed E-state index contributed by atoms with van der Waals surface area (Å²) in [5.74, 6) is 3.21. The Kier molecular flexibility index (Phi) is 1.97. The molecule has 0 heteroatoms. The quantitative estimate of drug-likeness (QED) is 0.597. The van der Waals surface area contributed by atoms with Crippen molar-refractivity contribution in [1.29, 1.82) is 0 Å². The molecule has 0 radical (unpaired) electrons. The molecule has 2 fully saturated rings. The molecule has 70 valence electrons. The highest BCUT2D eigenvalue weighted by atomic mass is 14.6. The first-order chi connectivity index (χ1) is 5.68. The minimum atomic E-state index is 0.803. The molecule has 3 unspecified atom stereocenters. The normalized spacial score (nSPS) is 45.0. The number of hydrogen-bond donors (Lipinski definition) is 0. The topological polar surface area (TPSA) is 0 Å². The SMILES string of the molecule is CCC1(CC(C)C)CC2CCC21. The number of fused-ring (bicyclic) bond motifs is 1. The molecule has 2 aliphatic rings. The highest BCUT2D eigenvalue weighted by Gasteiger charge is 2.56. The van der Waals surface area contributed by atoms with Gasteiger partial charge in [-0.3, -0.25) is 0 Å². The summed E-state index contributed by atoms with van der Waals surface area (Å²) in [4.78, 5) is 0. The maximum atomic E-state index is 2.40. The zero-order chi connectivity index (χ0) is 8.77. The van der Waals surface area contributed by atoms with Crippen LogP contribution in [0.15, 0.2) is 0 Å². The minimum Gasteiger partial charge on any atom is -0.0648 e. The molecule has 3 atom stereocenters. The molecule has 0 amide bonds. The van der Waals surface area contributed by atoms with Gasteiger partial charge in [0.1, 0.15) is 0 Å². The lowest BCUT2D eigenvalue weighted by atomic mass is 9.42. The zero-order valence-electron chi connectivity index (χ0n) is 8.77. The Morgan fingerprint density at radius 2 is 2.08 bits per heavy atom. The highest BCUT2D eigenvalue weighted by molar-refractivity contribution is 5.06. The molecule has 2 rings (SSSR count). The summed E-state index contributed by atoms with van der Waals surface area (Å²) in [5.41, 5.74) is 0.803. The lowest BCUT2D eigenvalue weighted by Crippen LogP contribution is -2.54. The van der Waals surface area contributed by atoms with E-state index in [1.54, 1.807) is 19.3 Å². The summed E-state index contributed by atoms with van der Waals surface area (Å²) in [7, 11) is 0. The van der Waals surface area contributed by atoms with Crippen LogP contribution in [0.1, 0.15) is 52.9 Å². The summed E-state index contributed by atoms with van der Waals surface area (Å²) < 4.78 is 0. The van der Waals surface area contributed by atoms with Crippen molar-refractivity contribution in [2.24, 2.45) is 23.2 Å². The van der Waals surface area contributed by atoms with Crippen molar-refractivity contribution < 1.29 is 0 Å². The van der Waals surface area contributed by atoms with Crippen LogP contribution in [0.3, 0.4) is 0 Å². The van der Waals surface area contributed by atoms with Crippen molar-refractivity contribution in [2.45, 2.75) is 52.9 Å². The Balaban J connectivity index is 1.97. The molecule has 0 aromatic rings. The molecular weight excluding hydrogens is 144 g/mol. The minimum absolute atomic E-state index is 0.803. The molecule has 0 N–H and O–H groups in total. The fraction of sp³-hybridized carbons (Fsp3) is 1.00. The van der Waals surface area contributed by atoms with Gasteiger partial charge in [0.25, 0.3) is 0 Å². The molecule has 0 saturated heterocycles. The monoisotopic (exact) mass is 166 g/mol. The lowest BCUT2D eigenvalue weighted by molar-refractivity contribution is -0.130. The summed E-state index contributed by atoms with van der Waals surface area (Å²) in [6.07, 6.45) is 7.58. The lowest BCUT2D eigenvalue weighted by Gasteiger charge is -2.63. The third kappa shape index (κ3) is 1.03. The summed E-state index contributed by atoms with van der Waals surface area (Å²) in [6.45, 7) is 7.16. The van der Waals surface area contributed by atoms with E-state index in [0.29, 0.717) is 0 Å². The third-order valence-corrected chi connectivity index (χ3v) is 4.39. The Hall–Kier alpha value is 0. The van der Waals surface area contributed by atoms with Gasteiger partial charge >= 0.3 is 0 Å². The van der Waals surface area contributed by atoms with E-state index in [-0.39, 0.29) is 0 Å². The highest BCUT2D eigenvalue weighted by Crippen LogP contribution is 2.65. The van der Waals surface area contributed by atoms with Crippen LogP contribution in [0.4, 0.5) is 0 Å². The van der Waals surface area contributed by atoms with E-state index in [2.05, 4.69) is 20.8 Å². The van der Waals surface area contributed by atoms with Gasteiger partial charge < -0.3 is 0 Å².